The first kappa shape index (κ1) is 5.44. The van der Waals surface area contributed by atoms with Crippen LogP contribution in [0.5, 0.6) is 0 Å². The summed E-state index contributed by atoms with van der Waals surface area (Å²) < 4.78 is 0. The predicted octanol–water partition coefficient (Wildman–Crippen LogP) is 0.191. The Hall–Kier alpha value is -0.700. The minimum atomic E-state index is 0.491. The lowest BCUT2D eigenvalue weighted by atomic mass is 10.4. The zero-order valence-electron chi connectivity index (χ0n) is 5.18. The van der Waals surface area contributed by atoms with Gasteiger partial charge in [-0.05, 0) is 13.8 Å². The third-order valence-electron chi connectivity index (χ3n) is 1.03. The molecule has 0 spiro atoms. The van der Waals surface area contributed by atoms with E-state index < -0.39 is 0 Å². The van der Waals surface area contributed by atoms with E-state index in [0.717, 1.165) is 0 Å². The highest BCUT2D eigenvalue weighted by Gasteiger charge is 2.06. The van der Waals surface area contributed by atoms with E-state index in [1.165, 1.54) is 0 Å². The molecule has 0 fully saturated rings. The molecule has 1 aliphatic rings. The molecule has 8 heavy (non-hydrogen) atoms. The van der Waals surface area contributed by atoms with E-state index in [4.69, 9.17) is 0 Å². The van der Waals surface area contributed by atoms with Crippen molar-refractivity contribution in [3.63, 3.8) is 0 Å². The van der Waals surface area contributed by atoms with Crippen LogP contribution in [0.15, 0.2) is 12.4 Å². The molecule has 0 saturated heterocycles. The molecule has 1 rings (SSSR count). The van der Waals surface area contributed by atoms with Crippen LogP contribution in [-0.4, -0.2) is 11.2 Å². The molecule has 0 bridgehead atoms. The van der Waals surface area contributed by atoms with Gasteiger partial charge in [-0.15, -0.1) is 5.12 Å². The summed E-state index contributed by atoms with van der Waals surface area (Å²) >= 11 is 0. The average Bonchev–Trinajstić information content (AvgIpc) is 2.12. The predicted molar refractivity (Wildman–Crippen MR) is 32.4 cm³/mol. The number of nitrogens with one attached hydrogen (secondary N) is 2. The Morgan fingerprint density at radius 3 is 2.00 bits per heavy atom. The fourth-order valence-electron chi connectivity index (χ4n) is 0.571. The molecular formula is C5H11N3. The Balaban J connectivity index is 2.29. The van der Waals surface area contributed by atoms with Crippen LogP contribution in [0.2, 0.25) is 0 Å². The summed E-state index contributed by atoms with van der Waals surface area (Å²) in [7, 11) is 0. The zero-order chi connectivity index (χ0) is 5.98. The molecule has 0 amide bonds. The lowest BCUT2D eigenvalue weighted by Crippen LogP contribution is -2.43. The largest absolute Gasteiger partial charge is 0.307 e. The highest BCUT2D eigenvalue weighted by molar-refractivity contribution is 4.81. The third kappa shape index (κ3) is 0.924. The molecule has 3 heteroatoms. The molecule has 0 saturated carbocycles. The van der Waals surface area contributed by atoms with Crippen molar-refractivity contribution in [3.05, 3.63) is 12.4 Å². The van der Waals surface area contributed by atoms with Gasteiger partial charge in [-0.25, -0.2) is 0 Å². The lowest BCUT2D eigenvalue weighted by Gasteiger charge is -2.19. The topological polar surface area (TPSA) is 27.3 Å². The molecule has 1 heterocycles. The van der Waals surface area contributed by atoms with Crippen molar-refractivity contribution in [2.75, 3.05) is 0 Å². The van der Waals surface area contributed by atoms with E-state index in [2.05, 4.69) is 24.7 Å². The van der Waals surface area contributed by atoms with E-state index in [9.17, 15) is 0 Å². The SMILES string of the molecule is CC(C)N1NC=CN1. The zero-order valence-corrected chi connectivity index (χ0v) is 5.18. The molecule has 0 aromatic rings. The minimum Gasteiger partial charge on any atom is -0.307 e. The number of nitrogens with zero attached hydrogens (tertiary/aromatic N) is 1. The van der Waals surface area contributed by atoms with Gasteiger partial charge in [-0.1, -0.05) is 0 Å². The molecule has 0 aromatic heterocycles. The summed E-state index contributed by atoms with van der Waals surface area (Å²) in [5, 5.41) is 1.92. The minimum absolute atomic E-state index is 0.491. The Morgan fingerprint density at radius 1 is 1.25 bits per heavy atom. The van der Waals surface area contributed by atoms with Gasteiger partial charge >= 0.3 is 0 Å². The normalized spacial score (nSPS) is 18.9. The first-order chi connectivity index (χ1) is 3.80. The molecular weight excluding hydrogens is 102 g/mol. The first-order valence-electron chi connectivity index (χ1n) is 2.77. The van der Waals surface area contributed by atoms with Gasteiger partial charge in [0.15, 0.2) is 0 Å². The van der Waals surface area contributed by atoms with Crippen LogP contribution in [0, 0.1) is 0 Å². The van der Waals surface area contributed by atoms with Crippen molar-refractivity contribution in [2.45, 2.75) is 19.9 Å². The van der Waals surface area contributed by atoms with Crippen LogP contribution < -0.4 is 10.9 Å². The summed E-state index contributed by atoms with van der Waals surface area (Å²) in [6, 6.07) is 0.491. The van der Waals surface area contributed by atoms with Gasteiger partial charge in [0.1, 0.15) is 0 Å². The van der Waals surface area contributed by atoms with Crippen molar-refractivity contribution >= 4 is 0 Å². The molecule has 0 aliphatic carbocycles. The van der Waals surface area contributed by atoms with Crippen LogP contribution in [0.4, 0.5) is 0 Å². The van der Waals surface area contributed by atoms with Crippen LogP contribution >= 0.6 is 0 Å². The lowest BCUT2D eigenvalue weighted by molar-refractivity contribution is 0.144. The van der Waals surface area contributed by atoms with Crippen LogP contribution in [0.3, 0.4) is 0 Å². The molecule has 0 atom stereocenters. The standard InChI is InChI=1S/C5H11N3/c1-5(2)8-6-3-4-7-8/h3-7H,1-2H3. The summed E-state index contributed by atoms with van der Waals surface area (Å²) in [6.45, 7) is 4.21. The van der Waals surface area contributed by atoms with Crippen LogP contribution in [0.1, 0.15) is 13.8 Å². The Bertz CT molecular complexity index is 89.8. The Kier molecular flexibility index (Phi) is 1.39. The van der Waals surface area contributed by atoms with Crippen molar-refractivity contribution in [3.8, 4) is 0 Å². The van der Waals surface area contributed by atoms with Crippen LogP contribution in [-0.2, 0) is 0 Å². The highest BCUT2D eigenvalue weighted by atomic mass is 15.7. The van der Waals surface area contributed by atoms with Gasteiger partial charge in [0.2, 0.25) is 0 Å². The molecule has 0 aromatic carbocycles. The van der Waals surface area contributed by atoms with E-state index in [0.29, 0.717) is 6.04 Å². The molecule has 0 unspecified atom stereocenters. The quantitative estimate of drug-likeness (QED) is 0.508. The van der Waals surface area contributed by atoms with Crippen molar-refractivity contribution in [2.24, 2.45) is 0 Å². The van der Waals surface area contributed by atoms with Crippen molar-refractivity contribution < 1.29 is 0 Å². The summed E-state index contributed by atoms with van der Waals surface area (Å²) in [5.41, 5.74) is 6.00. The smallest absolute Gasteiger partial charge is 0.0443 e. The number of rotatable bonds is 1. The molecule has 2 N–H and O–H groups in total. The third-order valence-corrected chi connectivity index (χ3v) is 1.03. The van der Waals surface area contributed by atoms with E-state index in [1.54, 1.807) is 0 Å². The Labute approximate surface area is 49.3 Å². The van der Waals surface area contributed by atoms with Gasteiger partial charge in [0, 0.05) is 18.4 Å². The molecule has 0 radical (unpaired) electrons. The molecule has 1 aliphatic heterocycles. The Morgan fingerprint density at radius 2 is 1.75 bits per heavy atom. The molecule has 3 nitrogen and oxygen atoms in total. The van der Waals surface area contributed by atoms with Crippen molar-refractivity contribution in [1.82, 2.24) is 16.0 Å². The van der Waals surface area contributed by atoms with Gasteiger partial charge < -0.3 is 10.9 Å². The summed E-state index contributed by atoms with van der Waals surface area (Å²) in [6.07, 6.45) is 3.72. The molecule has 46 valence electrons. The first-order valence-corrected chi connectivity index (χ1v) is 2.77. The second kappa shape index (κ2) is 2.05. The van der Waals surface area contributed by atoms with E-state index >= 15 is 0 Å². The van der Waals surface area contributed by atoms with E-state index in [-0.39, 0.29) is 0 Å². The maximum Gasteiger partial charge on any atom is 0.0443 e. The fraction of sp³-hybridized carbons (Fsp3) is 0.600. The summed E-state index contributed by atoms with van der Waals surface area (Å²) in [5.74, 6) is 0. The highest BCUT2D eigenvalue weighted by Crippen LogP contribution is 1.91. The van der Waals surface area contributed by atoms with Gasteiger partial charge in [0.25, 0.3) is 0 Å². The average molecular weight is 113 g/mol. The fourth-order valence-corrected chi connectivity index (χ4v) is 0.571. The van der Waals surface area contributed by atoms with Gasteiger partial charge in [-0.3, -0.25) is 0 Å². The van der Waals surface area contributed by atoms with Gasteiger partial charge in [0.05, 0.1) is 0 Å². The summed E-state index contributed by atoms with van der Waals surface area (Å²) in [4.78, 5) is 0. The maximum atomic E-state index is 3.00. The van der Waals surface area contributed by atoms with Crippen LogP contribution in [0.25, 0.3) is 0 Å². The maximum absolute atomic E-state index is 3.00. The van der Waals surface area contributed by atoms with E-state index in [1.807, 2.05) is 17.5 Å². The number of hydrazine groups is 2. The van der Waals surface area contributed by atoms with Crippen molar-refractivity contribution in [1.29, 1.82) is 0 Å². The number of hydrogen-bond acceptors (Lipinski definition) is 3. The second-order valence-electron chi connectivity index (χ2n) is 2.06. The van der Waals surface area contributed by atoms with Gasteiger partial charge in [-0.2, -0.15) is 0 Å². The second-order valence-corrected chi connectivity index (χ2v) is 2.06. The monoisotopic (exact) mass is 113 g/mol. The number of hydrogen-bond donors (Lipinski definition) is 2.